The van der Waals surface area contributed by atoms with Crippen LogP contribution in [0.2, 0.25) is 0 Å². The van der Waals surface area contributed by atoms with Gasteiger partial charge in [-0.2, -0.15) is 12.6 Å². The molecule has 1 aromatic carbocycles. The van der Waals surface area contributed by atoms with E-state index in [0.29, 0.717) is 23.5 Å². The van der Waals surface area contributed by atoms with Gasteiger partial charge in [-0.25, -0.2) is 0 Å². The largest absolute Gasteiger partial charge is 0.496 e. The van der Waals surface area contributed by atoms with Gasteiger partial charge in [0.25, 0.3) is 0 Å². The summed E-state index contributed by atoms with van der Waals surface area (Å²) in [6.07, 6.45) is 0.447. The van der Waals surface area contributed by atoms with E-state index in [9.17, 15) is 4.79 Å². The smallest absolute Gasteiger partial charge is 0.167 e. The fraction of sp³-hybridized carbons (Fsp3) is 0.417. The molecule has 1 rings (SSSR count). The molecule has 0 fully saturated rings. The number of thiol groups is 1. The molecule has 0 aliphatic heterocycles. The number of hydrogen-bond acceptors (Lipinski definition) is 3. The minimum atomic E-state index is 0.0913. The van der Waals surface area contributed by atoms with Gasteiger partial charge in [-0.15, -0.1) is 0 Å². The molecule has 0 N–H and O–H groups in total. The lowest BCUT2D eigenvalue weighted by Gasteiger charge is -2.11. The molecule has 0 unspecified atom stereocenters. The molecule has 0 amide bonds. The number of rotatable bonds is 4. The summed E-state index contributed by atoms with van der Waals surface area (Å²) in [4.78, 5) is 11.8. The predicted molar refractivity (Wildman–Crippen MR) is 65.3 cm³/mol. The van der Waals surface area contributed by atoms with Crippen molar-refractivity contribution in [2.45, 2.75) is 20.3 Å². The van der Waals surface area contributed by atoms with Gasteiger partial charge in [0.15, 0.2) is 5.78 Å². The maximum atomic E-state index is 11.8. The third kappa shape index (κ3) is 2.75. The summed E-state index contributed by atoms with van der Waals surface area (Å²) in [6, 6.07) is 3.88. The van der Waals surface area contributed by atoms with E-state index in [0.717, 1.165) is 11.1 Å². The van der Waals surface area contributed by atoms with Crippen LogP contribution in [0, 0.1) is 13.8 Å². The number of benzene rings is 1. The summed E-state index contributed by atoms with van der Waals surface area (Å²) >= 11 is 4.06. The SMILES string of the molecule is COc1c(C)cc(C)cc1C(=O)CCS. The minimum absolute atomic E-state index is 0.0913. The van der Waals surface area contributed by atoms with Gasteiger partial charge >= 0.3 is 0 Å². The van der Waals surface area contributed by atoms with Gasteiger partial charge < -0.3 is 4.74 Å². The highest BCUT2D eigenvalue weighted by molar-refractivity contribution is 7.80. The van der Waals surface area contributed by atoms with E-state index in [1.54, 1.807) is 7.11 Å². The van der Waals surface area contributed by atoms with Gasteiger partial charge in [-0.1, -0.05) is 6.07 Å². The van der Waals surface area contributed by atoms with Crippen molar-refractivity contribution in [3.05, 3.63) is 28.8 Å². The molecular weight excluding hydrogens is 208 g/mol. The van der Waals surface area contributed by atoms with Crippen LogP contribution < -0.4 is 4.74 Å². The maximum absolute atomic E-state index is 11.8. The molecule has 0 bridgehead atoms. The van der Waals surface area contributed by atoms with Crippen molar-refractivity contribution >= 4 is 18.4 Å². The van der Waals surface area contributed by atoms with E-state index in [1.807, 2.05) is 26.0 Å². The zero-order valence-electron chi connectivity index (χ0n) is 9.33. The monoisotopic (exact) mass is 224 g/mol. The van der Waals surface area contributed by atoms with Crippen molar-refractivity contribution in [3.63, 3.8) is 0 Å². The van der Waals surface area contributed by atoms with Crippen molar-refractivity contribution in [3.8, 4) is 5.75 Å². The van der Waals surface area contributed by atoms with Gasteiger partial charge in [0.05, 0.1) is 12.7 Å². The Morgan fingerprint density at radius 3 is 2.60 bits per heavy atom. The Bertz CT molecular complexity index is 372. The van der Waals surface area contributed by atoms with Crippen LogP contribution in [-0.4, -0.2) is 18.6 Å². The quantitative estimate of drug-likeness (QED) is 0.628. The molecule has 0 atom stereocenters. The summed E-state index contributed by atoms with van der Waals surface area (Å²) in [6.45, 7) is 3.92. The molecule has 0 saturated heterocycles. The second-order valence-electron chi connectivity index (χ2n) is 3.56. The minimum Gasteiger partial charge on any atom is -0.496 e. The van der Waals surface area contributed by atoms with Gasteiger partial charge in [0, 0.05) is 6.42 Å². The Balaban J connectivity index is 3.20. The van der Waals surface area contributed by atoms with Crippen LogP contribution in [0.4, 0.5) is 0 Å². The first kappa shape index (κ1) is 12.1. The summed E-state index contributed by atoms with van der Waals surface area (Å²) in [7, 11) is 1.59. The Hall–Kier alpha value is -0.960. The van der Waals surface area contributed by atoms with Crippen LogP contribution in [0.15, 0.2) is 12.1 Å². The highest BCUT2D eigenvalue weighted by Gasteiger charge is 2.13. The molecule has 1 aromatic rings. The average Bonchev–Trinajstić information content (AvgIpc) is 2.17. The van der Waals surface area contributed by atoms with Crippen LogP contribution in [0.3, 0.4) is 0 Å². The average molecular weight is 224 g/mol. The molecule has 2 nitrogen and oxygen atoms in total. The van der Waals surface area contributed by atoms with Crippen LogP contribution >= 0.6 is 12.6 Å². The Labute approximate surface area is 96.1 Å². The molecule has 0 saturated carbocycles. The molecular formula is C12H16O2S. The second-order valence-corrected chi connectivity index (χ2v) is 4.01. The van der Waals surface area contributed by atoms with Gasteiger partial charge in [-0.3, -0.25) is 4.79 Å². The predicted octanol–water partition coefficient (Wildman–Crippen LogP) is 2.81. The molecule has 0 heterocycles. The zero-order chi connectivity index (χ0) is 11.4. The topological polar surface area (TPSA) is 26.3 Å². The fourth-order valence-electron chi connectivity index (χ4n) is 1.67. The Morgan fingerprint density at radius 2 is 2.07 bits per heavy atom. The van der Waals surface area contributed by atoms with Crippen molar-refractivity contribution in [2.24, 2.45) is 0 Å². The van der Waals surface area contributed by atoms with E-state index >= 15 is 0 Å². The molecule has 0 spiro atoms. The van der Waals surface area contributed by atoms with E-state index in [1.165, 1.54) is 0 Å². The molecule has 0 aromatic heterocycles. The number of aryl methyl sites for hydroxylation is 2. The summed E-state index contributed by atoms with van der Waals surface area (Å²) < 4.78 is 5.25. The highest BCUT2D eigenvalue weighted by atomic mass is 32.1. The summed E-state index contributed by atoms with van der Waals surface area (Å²) in [5.74, 6) is 1.34. The third-order valence-electron chi connectivity index (χ3n) is 2.26. The molecule has 3 heteroatoms. The van der Waals surface area contributed by atoms with Crippen molar-refractivity contribution in [1.82, 2.24) is 0 Å². The number of ketones is 1. The van der Waals surface area contributed by atoms with Crippen LogP contribution in [0.1, 0.15) is 27.9 Å². The van der Waals surface area contributed by atoms with Gasteiger partial charge in [0.2, 0.25) is 0 Å². The Kier molecular flexibility index (Phi) is 4.21. The lowest BCUT2D eigenvalue weighted by Crippen LogP contribution is -2.04. The first-order valence-electron chi connectivity index (χ1n) is 4.89. The first-order valence-corrected chi connectivity index (χ1v) is 5.52. The first-order chi connectivity index (χ1) is 7.10. The van der Waals surface area contributed by atoms with Crippen LogP contribution in [0.25, 0.3) is 0 Å². The lowest BCUT2D eigenvalue weighted by atomic mass is 10.0. The van der Waals surface area contributed by atoms with E-state index < -0.39 is 0 Å². The number of Topliss-reactive ketones (excluding diaryl/α,β-unsaturated/α-hetero) is 1. The van der Waals surface area contributed by atoms with Crippen molar-refractivity contribution < 1.29 is 9.53 Å². The molecule has 15 heavy (non-hydrogen) atoms. The standard InChI is InChI=1S/C12H16O2S/c1-8-6-9(2)12(14-3)10(7-8)11(13)4-5-15/h6-7,15H,4-5H2,1-3H3. The van der Waals surface area contributed by atoms with E-state index in [4.69, 9.17) is 4.74 Å². The summed E-state index contributed by atoms with van der Waals surface area (Å²) in [5, 5.41) is 0. The third-order valence-corrected chi connectivity index (χ3v) is 2.49. The second kappa shape index (κ2) is 5.21. The zero-order valence-corrected chi connectivity index (χ0v) is 10.2. The lowest BCUT2D eigenvalue weighted by molar-refractivity contribution is 0.0986. The molecule has 0 aliphatic rings. The maximum Gasteiger partial charge on any atom is 0.167 e. The Morgan fingerprint density at radius 1 is 1.40 bits per heavy atom. The van der Waals surface area contributed by atoms with E-state index in [-0.39, 0.29) is 5.78 Å². The van der Waals surface area contributed by atoms with Crippen LogP contribution in [0.5, 0.6) is 5.75 Å². The van der Waals surface area contributed by atoms with Gasteiger partial charge in [0.1, 0.15) is 5.75 Å². The van der Waals surface area contributed by atoms with Crippen molar-refractivity contribution in [1.29, 1.82) is 0 Å². The number of hydrogen-bond donors (Lipinski definition) is 1. The summed E-state index contributed by atoms with van der Waals surface area (Å²) in [5.41, 5.74) is 2.75. The van der Waals surface area contributed by atoms with Crippen molar-refractivity contribution in [2.75, 3.05) is 12.9 Å². The van der Waals surface area contributed by atoms with Gasteiger partial charge in [-0.05, 0) is 36.8 Å². The van der Waals surface area contributed by atoms with E-state index in [2.05, 4.69) is 12.6 Å². The number of carbonyl (C=O) groups excluding carboxylic acids is 1. The van der Waals surface area contributed by atoms with Crippen LogP contribution in [-0.2, 0) is 0 Å². The number of methoxy groups -OCH3 is 1. The number of ether oxygens (including phenoxy) is 1. The normalized spacial score (nSPS) is 10.1. The molecule has 0 radical (unpaired) electrons. The fourth-order valence-corrected chi connectivity index (χ4v) is 1.87. The molecule has 0 aliphatic carbocycles. The number of carbonyl (C=O) groups is 1. The molecule has 82 valence electrons. The highest BCUT2D eigenvalue weighted by Crippen LogP contribution is 2.26.